The maximum absolute atomic E-state index is 12.7. The van der Waals surface area contributed by atoms with Crippen molar-refractivity contribution in [2.24, 2.45) is 0 Å². The lowest BCUT2D eigenvalue weighted by molar-refractivity contribution is -0.384. The number of fused-ring (bicyclic) bond motifs is 1. The summed E-state index contributed by atoms with van der Waals surface area (Å²) < 4.78 is 38.1. The van der Waals surface area contributed by atoms with Crippen LogP contribution >= 0.6 is 0 Å². The summed E-state index contributed by atoms with van der Waals surface area (Å²) in [5.41, 5.74) is -0.474. The van der Waals surface area contributed by atoms with Crippen LogP contribution in [0.4, 0.5) is 30.2 Å². The van der Waals surface area contributed by atoms with Gasteiger partial charge in [-0.05, 0) is 36.4 Å². The number of hydrogen-bond acceptors (Lipinski definition) is 4. The summed E-state index contributed by atoms with van der Waals surface area (Å²) in [6.45, 7) is 0. The molecule has 0 radical (unpaired) electrons. The summed E-state index contributed by atoms with van der Waals surface area (Å²) >= 11 is 0. The zero-order chi connectivity index (χ0) is 17.3. The highest BCUT2D eigenvalue weighted by Gasteiger charge is 2.33. The van der Waals surface area contributed by atoms with Gasteiger partial charge < -0.3 is 5.32 Å². The number of aromatic nitrogens is 1. The quantitative estimate of drug-likeness (QED) is 0.546. The lowest BCUT2D eigenvalue weighted by Gasteiger charge is -2.11. The van der Waals surface area contributed by atoms with Crippen molar-refractivity contribution >= 4 is 28.0 Å². The van der Waals surface area contributed by atoms with Crippen molar-refractivity contribution in [3.05, 3.63) is 70.4 Å². The zero-order valence-electron chi connectivity index (χ0n) is 12.0. The first-order valence-corrected chi connectivity index (χ1v) is 6.82. The van der Waals surface area contributed by atoms with Crippen LogP contribution in [0.5, 0.6) is 0 Å². The maximum Gasteiger partial charge on any atom is 0.416 e. The van der Waals surface area contributed by atoms with E-state index in [2.05, 4.69) is 10.3 Å². The summed E-state index contributed by atoms with van der Waals surface area (Å²) in [6, 6.07) is 11.0. The first kappa shape index (κ1) is 15.7. The van der Waals surface area contributed by atoms with E-state index in [4.69, 9.17) is 0 Å². The Hall–Kier alpha value is -3.16. The summed E-state index contributed by atoms with van der Waals surface area (Å²) in [5, 5.41) is 14.7. The van der Waals surface area contributed by atoms with Crippen LogP contribution in [0, 0.1) is 10.1 Å². The summed E-state index contributed by atoms with van der Waals surface area (Å²) in [6.07, 6.45) is -3.01. The molecule has 1 aromatic heterocycles. The van der Waals surface area contributed by atoms with Gasteiger partial charge in [0.2, 0.25) is 0 Å². The van der Waals surface area contributed by atoms with Gasteiger partial charge in [-0.15, -0.1) is 0 Å². The molecular weight excluding hydrogens is 323 g/mol. The number of nitro benzene ring substituents is 1. The van der Waals surface area contributed by atoms with Crippen molar-refractivity contribution in [3.63, 3.8) is 0 Å². The molecule has 5 nitrogen and oxygen atoms in total. The number of benzene rings is 2. The first-order chi connectivity index (χ1) is 11.3. The number of pyridine rings is 1. The highest BCUT2D eigenvalue weighted by molar-refractivity contribution is 5.84. The molecule has 3 rings (SSSR count). The minimum atomic E-state index is -4.64. The molecule has 1 heterocycles. The molecule has 122 valence electrons. The van der Waals surface area contributed by atoms with Gasteiger partial charge in [0.15, 0.2) is 0 Å². The van der Waals surface area contributed by atoms with Crippen LogP contribution in [0.15, 0.2) is 54.7 Å². The summed E-state index contributed by atoms with van der Waals surface area (Å²) in [7, 11) is 0. The lowest BCUT2D eigenvalue weighted by Crippen LogP contribution is -2.06. The molecule has 1 N–H and O–H groups in total. The van der Waals surface area contributed by atoms with Crippen molar-refractivity contribution < 1.29 is 18.1 Å². The third kappa shape index (κ3) is 3.12. The van der Waals surface area contributed by atoms with Gasteiger partial charge in [0.05, 0.1) is 16.0 Å². The van der Waals surface area contributed by atoms with Gasteiger partial charge >= 0.3 is 6.18 Å². The van der Waals surface area contributed by atoms with Crippen LogP contribution in [-0.4, -0.2) is 9.91 Å². The number of nitrogens with one attached hydrogen (secondary N) is 1. The van der Waals surface area contributed by atoms with E-state index >= 15 is 0 Å². The van der Waals surface area contributed by atoms with E-state index in [0.717, 1.165) is 23.0 Å². The largest absolute Gasteiger partial charge is 0.416 e. The molecule has 0 saturated heterocycles. The summed E-state index contributed by atoms with van der Waals surface area (Å²) in [5.74, 6) is 0. The molecule has 8 heteroatoms. The predicted octanol–water partition coefficient (Wildman–Crippen LogP) is 4.91. The van der Waals surface area contributed by atoms with Crippen molar-refractivity contribution in [2.45, 2.75) is 6.18 Å². The Morgan fingerprint density at radius 3 is 2.58 bits per heavy atom. The topological polar surface area (TPSA) is 68.1 Å². The Kier molecular flexibility index (Phi) is 3.80. The predicted molar refractivity (Wildman–Crippen MR) is 83.1 cm³/mol. The van der Waals surface area contributed by atoms with Crippen molar-refractivity contribution in [2.75, 3.05) is 5.32 Å². The maximum atomic E-state index is 12.7. The number of anilines is 2. The van der Waals surface area contributed by atoms with Gasteiger partial charge in [-0.3, -0.25) is 15.1 Å². The normalized spacial score (nSPS) is 11.5. The van der Waals surface area contributed by atoms with E-state index in [9.17, 15) is 23.3 Å². The number of halogens is 3. The third-order valence-corrected chi connectivity index (χ3v) is 3.40. The molecule has 0 amide bonds. The van der Waals surface area contributed by atoms with Gasteiger partial charge in [-0.1, -0.05) is 6.07 Å². The molecule has 0 aliphatic heterocycles. The Bertz CT molecular complexity index is 926. The Balaban J connectivity index is 2.00. The van der Waals surface area contributed by atoms with E-state index in [1.54, 1.807) is 30.5 Å². The molecule has 0 bridgehead atoms. The molecule has 2 aromatic carbocycles. The second kappa shape index (κ2) is 5.80. The average molecular weight is 333 g/mol. The number of rotatable bonds is 3. The second-order valence-electron chi connectivity index (χ2n) is 5.02. The molecule has 0 unspecified atom stereocenters. The first-order valence-electron chi connectivity index (χ1n) is 6.82. The molecule has 0 saturated carbocycles. The summed E-state index contributed by atoms with van der Waals surface area (Å²) in [4.78, 5) is 14.4. The van der Waals surface area contributed by atoms with Crippen LogP contribution < -0.4 is 5.32 Å². The molecule has 3 aromatic rings. The Morgan fingerprint density at radius 1 is 1.08 bits per heavy atom. The Labute approximate surface area is 133 Å². The SMILES string of the molecule is O=[N+]([O-])c1cc(C(F)(F)F)ccc1Nc1ccc2ncccc2c1. The molecule has 0 aliphatic carbocycles. The van der Waals surface area contributed by atoms with Crippen molar-refractivity contribution in [3.8, 4) is 0 Å². The van der Waals surface area contributed by atoms with Crippen molar-refractivity contribution in [1.82, 2.24) is 4.98 Å². The molecule has 0 spiro atoms. The van der Waals surface area contributed by atoms with E-state index in [-0.39, 0.29) is 5.69 Å². The van der Waals surface area contributed by atoms with Crippen molar-refractivity contribution in [1.29, 1.82) is 0 Å². The number of hydrogen-bond donors (Lipinski definition) is 1. The fourth-order valence-corrected chi connectivity index (χ4v) is 2.27. The minimum Gasteiger partial charge on any atom is -0.350 e. The highest BCUT2D eigenvalue weighted by Crippen LogP contribution is 2.36. The highest BCUT2D eigenvalue weighted by atomic mass is 19.4. The molecule has 0 atom stereocenters. The third-order valence-electron chi connectivity index (χ3n) is 3.40. The zero-order valence-corrected chi connectivity index (χ0v) is 12.0. The number of alkyl halides is 3. The lowest BCUT2D eigenvalue weighted by atomic mass is 10.1. The van der Waals surface area contributed by atoms with E-state index in [1.807, 2.05) is 6.07 Å². The number of nitro groups is 1. The van der Waals surface area contributed by atoms with Gasteiger partial charge in [-0.25, -0.2) is 0 Å². The van der Waals surface area contributed by atoms with Gasteiger partial charge in [-0.2, -0.15) is 13.2 Å². The molecular formula is C16H10F3N3O2. The van der Waals surface area contributed by atoms with Crippen LogP contribution in [0.2, 0.25) is 0 Å². The minimum absolute atomic E-state index is 0.0174. The van der Waals surface area contributed by atoms with E-state index in [1.165, 1.54) is 0 Å². The van der Waals surface area contributed by atoms with Crippen LogP contribution in [0.3, 0.4) is 0 Å². The van der Waals surface area contributed by atoms with E-state index < -0.39 is 22.4 Å². The standard InChI is InChI=1S/C16H10F3N3O2/c17-16(18,19)11-3-5-14(15(9-11)22(23)24)21-12-4-6-13-10(8-12)2-1-7-20-13/h1-9,21H. The van der Waals surface area contributed by atoms with Gasteiger partial charge in [0, 0.05) is 23.3 Å². The molecule has 24 heavy (non-hydrogen) atoms. The van der Waals surface area contributed by atoms with Gasteiger partial charge in [0.25, 0.3) is 5.69 Å². The second-order valence-corrected chi connectivity index (χ2v) is 5.02. The number of nitrogens with zero attached hydrogens (tertiary/aromatic N) is 2. The Morgan fingerprint density at radius 2 is 1.88 bits per heavy atom. The molecule has 0 fully saturated rings. The fourth-order valence-electron chi connectivity index (χ4n) is 2.27. The van der Waals surface area contributed by atoms with E-state index in [0.29, 0.717) is 11.8 Å². The monoisotopic (exact) mass is 333 g/mol. The van der Waals surface area contributed by atoms with Crippen LogP contribution in [0.25, 0.3) is 10.9 Å². The smallest absolute Gasteiger partial charge is 0.350 e. The van der Waals surface area contributed by atoms with Gasteiger partial charge in [0.1, 0.15) is 5.69 Å². The van der Waals surface area contributed by atoms with Crippen LogP contribution in [-0.2, 0) is 6.18 Å². The fraction of sp³-hybridized carbons (Fsp3) is 0.0625. The molecule has 0 aliphatic rings. The average Bonchev–Trinajstić information content (AvgIpc) is 2.54. The van der Waals surface area contributed by atoms with Crippen LogP contribution in [0.1, 0.15) is 5.56 Å².